The zero-order chi connectivity index (χ0) is 19.9. The Kier molecular flexibility index (Phi) is 8.32. The summed E-state index contributed by atoms with van der Waals surface area (Å²) < 4.78 is 5.88. The summed E-state index contributed by atoms with van der Waals surface area (Å²) in [7, 11) is 0. The van der Waals surface area contributed by atoms with E-state index in [-0.39, 0.29) is 48.2 Å². The predicted molar refractivity (Wildman–Crippen MR) is 126 cm³/mol. The number of anilines is 1. The van der Waals surface area contributed by atoms with Crippen LogP contribution in [0.4, 0.5) is 5.69 Å². The highest BCUT2D eigenvalue weighted by atomic mass is 127. The van der Waals surface area contributed by atoms with Gasteiger partial charge in [0.2, 0.25) is 5.91 Å². The molecule has 1 atom stereocenters. The molecule has 154 valence electrons. The van der Waals surface area contributed by atoms with Crippen LogP contribution in [-0.2, 0) is 4.79 Å². The van der Waals surface area contributed by atoms with E-state index in [0.29, 0.717) is 18.2 Å². The number of aliphatic imine (C=N–C) groups is 1. The molecule has 0 fully saturated rings. The number of halogens is 1. The van der Waals surface area contributed by atoms with Crippen molar-refractivity contribution in [3.05, 3.63) is 60.4 Å². The quantitative estimate of drug-likeness (QED) is 0.175. The van der Waals surface area contributed by atoms with Gasteiger partial charge in [-0.2, -0.15) is 0 Å². The fourth-order valence-corrected chi connectivity index (χ4v) is 2.71. The lowest BCUT2D eigenvalue weighted by Gasteiger charge is -2.16. The van der Waals surface area contributed by atoms with Gasteiger partial charge in [-0.3, -0.25) is 4.79 Å². The van der Waals surface area contributed by atoms with E-state index in [9.17, 15) is 9.90 Å². The molecule has 1 aromatic heterocycles. The summed E-state index contributed by atoms with van der Waals surface area (Å²) in [6.45, 7) is 4.56. The topological polar surface area (TPSA) is 98.9 Å². The molecule has 0 radical (unpaired) electrons. The lowest BCUT2D eigenvalue weighted by atomic mass is 10.2. The van der Waals surface area contributed by atoms with Crippen LogP contribution in [0.25, 0.3) is 11.0 Å². The number of hydrogen-bond donors (Lipinski definition) is 4. The second-order valence-corrected chi connectivity index (χ2v) is 6.34. The van der Waals surface area contributed by atoms with Crippen molar-refractivity contribution in [2.45, 2.75) is 19.9 Å². The summed E-state index contributed by atoms with van der Waals surface area (Å²) in [6.07, 6.45) is 0. The first-order chi connectivity index (χ1) is 13.5. The van der Waals surface area contributed by atoms with Crippen LogP contribution in [-0.4, -0.2) is 30.1 Å². The van der Waals surface area contributed by atoms with Crippen molar-refractivity contribution in [1.29, 1.82) is 0 Å². The Morgan fingerprint density at radius 1 is 1.17 bits per heavy atom. The fraction of sp³-hybridized carbons (Fsp3) is 0.238. The van der Waals surface area contributed by atoms with E-state index < -0.39 is 0 Å². The minimum Gasteiger partial charge on any atom is -0.508 e. The highest BCUT2D eigenvalue weighted by Gasteiger charge is 2.13. The van der Waals surface area contributed by atoms with Crippen molar-refractivity contribution >= 4 is 52.5 Å². The van der Waals surface area contributed by atoms with Crippen LogP contribution in [0, 0.1) is 0 Å². The number of hydrogen-bond acceptors (Lipinski definition) is 4. The van der Waals surface area contributed by atoms with E-state index in [1.165, 1.54) is 12.1 Å². The summed E-state index contributed by atoms with van der Waals surface area (Å²) in [4.78, 5) is 16.5. The van der Waals surface area contributed by atoms with Gasteiger partial charge in [-0.25, -0.2) is 4.99 Å². The number of amides is 1. The Labute approximate surface area is 186 Å². The number of nitrogens with zero attached hydrogens (tertiary/aromatic N) is 1. The maximum atomic E-state index is 12.1. The summed E-state index contributed by atoms with van der Waals surface area (Å²) in [5.74, 6) is 1.21. The first-order valence-electron chi connectivity index (χ1n) is 9.17. The third-order valence-corrected chi connectivity index (χ3v) is 4.10. The number of carbonyl (C=O) groups is 1. The summed E-state index contributed by atoms with van der Waals surface area (Å²) in [5, 5.41) is 19.5. The van der Waals surface area contributed by atoms with Gasteiger partial charge in [0.25, 0.3) is 0 Å². The Morgan fingerprint density at radius 3 is 2.59 bits per heavy atom. The molecule has 0 saturated carbocycles. The Morgan fingerprint density at radius 2 is 1.90 bits per heavy atom. The van der Waals surface area contributed by atoms with Crippen LogP contribution in [0.5, 0.6) is 5.75 Å². The molecule has 7 nitrogen and oxygen atoms in total. The molecule has 0 spiro atoms. The standard InChI is InChI=1S/C21H24N4O3.HI/c1-3-22-21(23-13-20(27)25-16-8-10-17(26)11-9-16)24-14(2)19-12-15-6-4-5-7-18(15)28-19;/h4-12,14,26H,3,13H2,1-2H3,(H,25,27)(H2,22,23,24);1H. The highest BCUT2D eigenvalue weighted by molar-refractivity contribution is 14.0. The molecule has 0 aliphatic rings. The van der Waals surface area contributed by atoms with Gasteiger partial charge in [0.05, 0.1) is 6.04 Å². The summed E-state index contributed by atoms with van der Waals surface area (Å²) in [6, 6.07) is 16.0. The second kappa shape index (κ2) is 10.7. The monoisotopic (exact) mass is 508 g/mol. The Bertz CT molecular complexity index is 936. The number of phenolic OH excluding ortho intramolecular Hbond substituents is 1. The van der Waals surface area contributed by atoms with Crippen LogP contribution in [0.2, 0.25) is 0 Å². The van der Waals surface area contributed by atoms with Crippen molar-refractivity contribution in [3.8, 4) is 5.75 Å². The van der Waals surface area contributed by atoms with Crippen LogP contribution in [0.1, 0.15) is 25.6 Å². The molecular weight excluding hydrogens is 483 g/mol. The normalized spacial score (nSPS) is 12.1. The van der Waals surface area contributed by atoms with Crippen LogP contribution < -0.4 is 16.0 Å². The van der Waals surface area contributed by atoms with E-state index in [1.807, 2.05) is 44.2 Å². The number of rotatable bonds is 6. The van der Waals surface area contributed by atoms with E-state index in [2.05, 4.69) is 20.9 Å². The van der Waals surface area contributed by atoms with E-state index in [1.54, 1.807) is 12.1 Å². The number of benzene rings is 2. The average Bonchev–Trinajstić information content (AvgIpc) is 3.12. The van der Waals surface area contributed by atoms with E-state index >= 15 is 0 Å². The van der Waals surface area contributed by atoms with Gasteiger partial charge in [0.15, 0.2) is 5.96 Å². The van der Waals surface area contributed by atoms with Crippen molar-refractivity contribution in [3.63, 3.8) is 0 Å². The van der Waals surface area contributed by atoms with Gasteiger partial charge in [0.1, 0.15) is 23.6 Å². The molecule has 1 heterocycles. The molecule has 1 amide bonds. The number of guanidine groups is 1. The molecule has 3 aromatic rings. The first-order valence-corrected chi connectivity index (χ1v) is 9.17. The molecule has 2 aromatic carbocycles. The van der Waals surface area contributed by atoms with Gasteiger partial charge in [-0.05, 0) is 50.2 Å². The van der Waals surface area contributed by atoms with E-state index in [0.717, 1.165) is 16.7 Å². The van der Waals surface area contributed by atoms with Gasteiger partial charge in [0, 0.05) is 17.6 Å². The number of phenols is 1. The molecule has 3 rings (SSSR count). The summed E-state index contributed by atoms with van der Waals surface area (Å²) in [5.41, 5.74) is 1.44. The maximum absolute atomic E-state index is 12.1. The zero-order valence-corrected chi connectivity index (χ0v) is 18.6. The lowest BCUT2D eigenvalue weighted by molar-refractivity contribution is -0.114. The van der Waals surface area contributed by atoms with E-state index in [4.69, 9.17) is 4.42 Å². The van der Waals surface area contributed by atoms with Gasteiger partial charge in [-0.15, -0.1) is 24.0 Å². The molecule has 0 aliphatic carbocycles. The number of para-hydroxylation sites is 1. The van der Waals surface area contributed by atoms with Crippen molar-refractivity contribution in [2.24, 2.45) is 4.99 Å². The van der Waals surface area contributed by atoms with Crippen molar-refractivity contribution in [2.75, 3.05) is 18.4 Å². The summed E-state index contributed by atoms with van der Waals surface area (Å²) >= 11 is 0. The minimum absolute atomic E-state index is 0. The maximum Gasteiger partial charge on any atom is 0.246 e. The molecule has 4 N–H and O–H groups in total. The molecule has 1 unspecified atom stereocenters. The predicted octanol–water partition coefficient (Wildman–Crippen LogP) is 4.01. The molecule has 0 saturated heterocycles. The smallest absolute Gasteiger partial charge is 0.246 e. The number of aromatic hydroxyl groups is 1. The molecular formula is C21H25IN4O3. The number of nitrogens with one attached hydrogen (secondary N) is 3. The zero-order valence-electron chi connectivity index (χ0n) is 16.3. The Balaban J connectivity index is 0.00000300. The molecule has 8 heteroatoms. The van der Waals surface area contributed by atoms with Gasteiger partial charge < -0.3 is 25.5 Å². The second-order valence-electron chi connectivity index (χ2n) is 6.34. The van der Waals surface area contributed by atoms with Gasteiger partial charge in [-0.1, -0.05) is 18.2 Å². The number of furan rings is 1. The molecule has 0 aliphatic heterocycles. The molecule has 29 heavy (non-hydrogen) atoms. The largest absolute Gasteiger partial charge is 0.508 e. The minimum atomic E-state index is -0.251. The van der Waals surface area contributed by atoms with Crippen LogP contribution in [0.3, 0.4) is 0 Å². The van der Waals surface area contributed by atoms with Crippen LogP contribution >= 0.6 is 24.0 Å². The lowest BCUT2D eigenvalue weighted by Crippen LogP contribution is -2.39. The highest BCUT2D eigenvalue weighted by Crippen LogP contribution is 2.23. The van der Waals surface area contributed by atoms with Crippen LogP contribution in [0.15, 0.2) is 64.0 Å². The van der Waals surface area contributed by atoms with Crippen molar-refractivity contribution < 1.29 is 14.3 Å². The Hall–Kier alpha value is -2.75. The third kappa shape index (κ3) is 6.38. The van der Waals surface area contributed by atoms with Crippen molar-refractivity contribution in [1.82, 2.24) is 10.6 Å². The fourth-order valence-electron chi connectivity index (χ4n) is 2.71. The van der Waals surface area contributed by atoms with Gasteiger partial charge >= 0.3 is 0 Å². The molecule has 0 bridgehead atoms. The number of carbonyl (C=O) groups excluding carboxylic acids is 1. The first kappa shape index (κ1) is 22.5. The SMILES string of the molecule is CCNC(=NCC(=O)Nc1ccc(O)cc1)NC(C)c1cc2ccccc2o1.I. The third-order valence-electron chi connectivity index (χ3n) is 4.10. The number of fused-ring (bicyclic) bond motifs is 1. The average molecular weight is 508 g/mol.